The molecular weight excluding hydrogens is 228 g/mol. The van der Waals surface area contributed by atoms with Gasteiger partial charge in [-0.3, -0.25) is 9.78 Å². The molecule has 4 nitrogen and oxygen atoms in total. The van der Waals surface area contributed by atoms with Crippen molar-refractivity contribution >= 4 is 5.78 Å². The van der Waals surface area contributed by atoms with E-state index in [1.165, 1.54) is 6.92 Å². The van der Waals surface area contributed by atoms with Crippen molar-refractivity contribution in [3.05, 3.63) is 53.9 Å². The van der Waals surface area contributed by atoms with Crippen LogP contribution >= 0.6 is 0 Å². The van der Waals surface area contributed by atoms with Crippen molar-refractivity contribution in [2.45, 2.75) is 6.92 Å². The van der Waals surface area contributed by atoms with Crippen molar-refractivity contribution in [1.82, 2.24) is 4.98 Å². The molecule has 0 amide bonds. The van der Waals surface area contributed by atoms with Crippen molar-refractivity contribution in [2.24, 2.45) is 0 Å². The minimum absolute atomic E-state index is 0.113. The van der Waals surface area contributed by atoms with Crippen molar-refractivity contribution in [1.29, 1.82) is 5.26 Å². The third-order valence-electron chi connectivity index (χ3n) is 2.35. The van der Waals surface area contributed by atoms with E-state index in [2.05, 4.69) is 4.98 Å². The van der Waals surface area contributed by atoms with Gasteiger partial charge in [-0.05, 0) is 37.3 Å². The largest absolute Gasteiger partial charge is 0.455 e. The first-order valence-corrected chi connectivity index (χ1v) is 5.33. The summed E-state index contributed by atoms with van der Waals surface area (Å²) in [4.78, 5) is 15.4. The molecule has 0 fully saturated rings. The number of hydrogen-bond acceptors (Lipinski definition) is 4. The van der Waals surface area contributed by atoms with Crippen LogP contribution < -0.4 is 4.74 Å². The Morgan fingerprint density at radius 1 is 1.39 bits per heavy atom. The second-order valence-electron chi connectivity index (χ2n) is 3.67. The van der Waals surface area contributed by atoms with Crippen LogP contribution in [0.2, 0.25) is 0 Å². The molecule has 0 aliphatic heterocycles. The molecule has 0 unspecified atom stereocenters. The summed E-state index contributed by atoms with van der Waals surface area (Å²) < 4.78 is 5.58. The lowest BCUT2D eigenvalue weighted by atomic mass is 10.1. The molecule has 0 saturated heterocycles. The molecule has 1 aromatic heterocycles. The van der Waals surface area contributed by atoms with E-state index >= 15 is 0 Å². The van der Waals surface area contributed by atoms with Gasteiger partial charge in [0.1, 0.15) is 11.5 Å². The second kappa shape index (κ2) is 5.11. The highest BCUT2D eigenvalue weighted by Gasteiger charge is 2.10. The molecule has 1 heterocycles. The second-order valence-corrected chi connectivity index (χ2v) is 3.67. The summed E-state index contributed by atoms with van der Waals surface area (Å²) in [6.45, 7) is 1.46. The molecule has 0 aliphatic rings. The highest BCUT2D eigenvalue weighted by atomic mass is 16.5. The zero-order valence-electron chi connectivity index (χ0n) is 9.75. The summed E-state index contributed by atoms with van der Waals surface area (Å²) in [5, 5.41) is 8.85. The van der Waals surface area contributed by atoms with E-state index in [4.69, 9.17) is 10.00 Å². The van der Waals surface area contributed by atoms with Crippen LogP contribution in [0.15, 0.2) is 42.7 Å². The molecule has 2 aromatic rings. The van der Waals surface area contributed by atoms with Gasteiger partial charge in [-0.1, -0.05) is 0 Å². The van der Waals surface area contributed by atoms with Crippen LogP contribution in [-0.4, -0.2) is 10.8 Å². The van der Waals surface area contributed by atoms with E-state index in [0.29, 0.717) is 22.6 Å². The molecule has 0 spiro atoms. The Labute approximate surface area is 104 Å². The number of nitrogens with zero attached hydrogens (tertiary/aromatic N) is 2. The van der Waals surface area contributed by atoms with Crippen LogP contribution in [-0.2, 0) is 0 Å². The lowest BCUT2D eigenvalue weighted by molar-refractivity contribution is 0.101. The van der Waals surface area contributed by atoms with Crippen molar-refractivity contribution < 1.29 is 9.53 Å². The standard InChI is InChI=1S/C14H10N2O2/c1-10(17)13-5-4-11(8-15)7-14(13)18-12-3-2-6-16-9-12/h2-7,9H,1H3. The average Bonchev–Trinajstić information content (AvgIpc) is 2.39. The van der Waals surface area contributed by atoms with Gasteiger partial charge in [-0.25, -0.2) is 0 Å². The lowest BCUT2D eigenvalue weighted by Gasteiger charge is -2.09. The summed E-state index contributed by atoms with van der Waals surface area (Å²) in [7, 11) is 0. The molecule has 0 atom stereocenters. The predicted octanol–water partition coefficient (Wildman–Crippen LogP) is 2.95. The summed E-state index contributed by atoms with van der Waals surface area (Å²) >= 11 is 0. The smallest absolute Gasteiger partial charge is 0.163 e. The first-order valence-electron chi connectivity index (χ1n) is 5.33. The number of Topliss-reactive ketones (excluding diaryl/α,β-unsaturated/α-hetero) is 1. The first kappa shape index (κ1) is 11.8. The number of carbonyl (C=O) groups is 1. The van der Waals surface area contributed by atoms with Gasteiger partial charge in [-0.2, -0.15) is 5.26 Å². The van der Waals surface area contributed by atoms with Gasteiger partial charge >= 0.3 is 0 Å². The highest BCUT2D eigenvalue weighted by molar-refractivity contribution is 5.97. The van der Waals surface area contributed by atoms with E-state index in [1.807, 2.05) is 6.07 Å². The quantitative estimate of drug-likeness (QED) is 0.771. The van der Waals surface area contributed by atoms with Crippen molar-refractivity contribution in [3.8, 4) is 17.6 Å². The normalized spacial score (nSPS) is 9.56. The monoisotopic (exact) mass is 238 g/mol. The topological polar surface area (TPSA) is 63.0 Å². The molecule has 1 aromatic carbocycles. The number of benzene rings is 1. The van der Waals surface area contributed by atoms with E-state index in [0.717, 1.165) is 0 Å². The molecule has 0 saturated carbocycles. The maximum atomic E-state index is 11.5. The van der Waals surface area contributed by atoms with Gasteiger partial charge in [0, 0.05) is 6.20 Å². The fraction of sp³-hybridized carbons (Fsp3) is 0.0714. The van der Waals surface area contributed by atoms with Crippen molar-refractivity contribution in [2.75, 3.05) is 0 Å². The summed E-state index contributed by atoms with van der Waals surface area (Å²) in [5.74, 6) is 0.781. The van der Waals surface area contributed by atoms with Gasteiger partial charge in [0.15, 0.2) is 5.78 Å². The summed E-state index contributed by atoms with van der Waals surface area (Å²) in [5.41, 5.74) is 0.886. The number of aromatic nitrogens is 1. The fourth-order valence-corrected chi connectivity index (χ4v) is 1.50. The Morgan fingerprint density at radius 3 is 2.83 bits per heavy atom. The Bertz CT molecular complexity index is 615. The number of hydrogen-bond donors (Lipinski definition) is 0. The molecule has 0 N–H and O–H groups in total. The number of pyridine rings is 1. The van der Waals surface area contributed by atoms with Crippen LogP contribution in [0.5, 0.6) is 11.5 Å². The van der Waals surface area contributed by atoms with Crippen molar-refractivity contribution in [3.63, 3.8) is 0 Å². The lowest BCUT2D eigenvalue weighted by Crippen LogP contribution is -1.97. The molecule has 0 bridgehead atoms. The van der Waals surface area contributed by atoms with Crippen LogP contribution in [0.4, 0.5) is 0 Å². The number of carbonyl (C=O) groups excluding carboxylic acids is 1. The highest BCUT2D eigenvalue weighted by Crippen LogP contribution is 2.26. The maximum Gasteiger partial charge on any atom is 0.163 e. The minimum atomic E-state index is -0.113. The van der Waals surface area contributed by atoms with Crippen LogP contribution in [0.3, 0.4) is 0 Å². The van der Waals surface area contributed by atoms with Gasteiger partial charge in [0.25, 0.3) is 0 Å². The first-order chi connectivity index (χ1) is 8.70. The minimum Gasteiger partial charge on any atom is -0.455 e. The molecule has 0 radical (unpaired) electrons. The van der Waals surface area contributed by atoms with Gasteiger partial charge in [-0.15, -0.1) is 0 Å². The van der Waals surface area contributed by atoms with Crippen LogP contribution in [0, 0.1) is 11.3 Å². The molecule has 88 valence electrons. The molecule has 4 heteroatoms. The number of rotatable bonds is 3. The van der Waals surface area contributed by atoms with E-state index < -0.39 is 0 Å². The summed E-state index contributed by atoms with van der Waals surface area (Å²) in [6.07, 6.45) is 3.17. The SMILES string of the molecule is CC(=O)c1ccc(C#N)cc1Oc1cccnc1. The number of nitriles is 1. The van der Waals surface area contributed by atoms with Gasteiger partial charge in [0.2, 0.25) is 0 Å². The van der Waals surface area contributed by atoms with E-state index in [9.17, 15) is 4.79 Å². The Hall–Kier alpha value is -2.67. The third kappa shape index (κ3) is 2.53. The molecular formula is C14H10N2O2. The number of ether oxygens (including phenoxy) is 1. The maximum absolute atomic E-state index is 11.5. The molecule has 2 rings (SSSR count). The Balaban J connectivity index is 2.42. The van der Waals surface area contributed by atoms with Crippen LogP contribution in [0.1, 0.15) is 22.8 Å². The average molecular weight is 238 g/mol. The van der Waals surface area contributed by atoms with E-state index in [1.54, 1.807) is 42.7 Å². The number of ketones is 1. The zero-order chi connectivity index (χ0) is 13.0. The summed E-state index contributed by atoms with van der Waals surface area (Å²) in [6, 6.07) is 10.2. The third-order valence-corrected chi connectivity index (χ3v) is 2.35. The Morgan fingerprint density at radius 2 is 2.22 bits per heavy atom. The predicted molar refractivity (Wildman–Crippen MR) is 65.5 cm³/mol. The Kier molecular flexibility index (Phi) is 3.35. The van der Waals surface area contributed by atoms with Gasteiger partial charge in [0.05, 0.1) is 23.4 Å². The van der Waals surface area contributed by atoms with Gasteiger partial charge < -0.3 is 4.74 Å². The molecule has 18 heavy (non-hydrogen) atoms. The molecule has 0 aliphatic carbocycles. The fourth-order valence-electron chi connectivity index (χ4n) is 1.50. The zero-order valence-corrected chi connectivity index (χ0v) is 9.75. The van der Waals surface area contributed by atoms with E-state index in [-0.39, 0.29) is 5.78 Å². The van der Waals surface area contributed by atoms with Crippen LogP contribution in [0.25, 0.3) is 0 Å².